The Balaban J connectivity index is 2.36. The lowest BCUT2D eigenvalue weighted by Gasteiger charge is -2.32. The van der Waals surface area contributed by atoms with E-state index in [9.17, 15) is 18.0 Å². The second-order valence-electron chi connectivity index (χ2n) is 7.89. The number of carbonyl (C=O) groups is 2. The minimum absolute atomic E-state index is 0.0498. The summed E-state index contributed by atoms with van der Waals surface area (Å²) in [5.41, 5.74) is 1.13. The van der Waals surface area contributed by atoms with Crippen LogP contribution in [0, 0.1) is 0 Å². The fraction of sp³-hybridized carbons (Fsp3) is 0.391. The molecule has 0 aliphatic heterocycles. The van der Waals surface area contributed by atoms with Gasteiger partial charge in [0.15, 0.2) is 0 Å². The molecule has 1 N–H and O–H groups in total. The Morgan fingerprint density at radius 1 is 1.06 bits per heavy atom. The number of hydrogen-bond acceptors (Lipinski definition) is 4. The van der Waals surface area contributed by atoms with Crippen LogP contribution in [0.1, 0.15) is 32.8 Å². The van der Waals surface area contributed by atoms with Gasteiger partial charge in [0.25, 0.3) is 0 Å². The summed E-state index contributed by atoms with van der Waals surface area (Å²) >= 11 is 9.31. The van der Waals surface area contributed by atoms with Crippen LogP contribution in [0.5, 0.6) is 0 Å². The second kappa shape index (κ2) is 11.9. The lowest BCUT2D eigenvalue weighted by atomic mass is 10.1. The molecule has 0 radical (unpaired) electrons. The predicted molar refractivity (Wildman–Crippen MR) is 136 cm³/mol. The van der Waals surface area contributed by atoms with E-state index in [1.165, 1.54) is 17.0 Å². The fourth-order valence-electron chi connectivity index (χ4n) is 3.06. The molecule has 0 saturated carbocycles. The second-order valence-corrected chi connectivity index (χ2v) is 11.1. The molecule has 0 unspecified atom stereocenters. The maximum Gasteiger partial charge on any atom is 0.244 e. The van der Waals surface area contributed by atoms with Gasteiger partial charge in [-0.2, -0.15) is 0 Å². The number of halogens is 2. The molecular weight excluding hydrogens is 530 g/mol. The molecule has 33 heavy (non-hydrogen) atoms. The number of nitrogens with zero attached hydrogens (tertiary/aromatic N) is 2. The third-order valence-electron chi connectivity index (χ3n) is 5.23. The molecular formula is C23H29BrClN3O4S. The fourth-order valence-corrected chi connectivity index (χ4v) is 4.30. The van der Waals surface area contributed by atoms with Gasteiger partial charge in [-0.05, 0) is 62.2 Å². The summed E-state index contributed by atoms with van der Waals surface area (Å²) in [6, 6.07) is 12.7. The minimum Gasteiger partial charge on any atom is -0.352 e. The minimum atomic E-state index is -3.77. The Labute approximate surface area is 209 Å². The molecule has 0 heterocycles. The molecule has 2 aromatic carbocycles. The average Bonchev–Trinajstić information content (AvgIpc) is 2.76. The summed E-state index contributed by atoms with van der Waals surface area (Å²) in [5.74, 6) is -0.794. The van der Waals surface area contributed by atoms with Gasteiger partial charge in [0.05, 0.1) is 11.9 Å². The van der Waals surface area contributed by atoms with Crippen molar-refractivity contribution in [2.24, 2.45) is 0 Å². The Hall–Kier alpha value is -2.10. The normalized spacial score (nSPS) is 13.2. The Kier molecular flexibility index (Phi) is 9.75. The molecule has 2 atom stereocenters. The molecule has 2 amide bonds. The zero-order valence-corrected chi connectivity index (χ0v) is 22.2. The smallest absolute Gasteiger partial charge is 0.244 e. The van der Waals surface area contributed by atoms with E-state index in [2.05, 4.69) is 21.2 Å². The van der Waals surface area contributed by atoms with Crippen molar-refractivity contribution in [1.29, 1.82) is 0 Å². The number of nitrogens with one attached hydrogen (secondary N) is 1. The van der Waals surface area contributed by atoms with Gasteiger partial charge in [0, 0.05) is 22.1 Å². The summed E-state index contributed by atoms with van der Waals surface area (Å²) in [7, 11) is -3.77. The van der Waals surface area contributed by atoms with Crippen molar-refractivity contribution in [3.8, 4) is 0 Å². The topological polar surface area (TPSA) is 86.8 Å². The molecule has 0 aliphatic rings. The van der Waals surface area contributed by atoms with Crippen LogP contribution in [-0.4, -0.2) is 50.0 Å². The van der Waals surface area contributed by atoms with Crippen molar-refractivity contribution in [2.75, 3.05) is 17.1 Å². The maximum atomic E-state index is 13.4. The molecule has 7 nitrogen and oxygen atoms in total. The molecule has 2 aromatic rings. The van der Waals surface area contributed by atoms with E-state index < -0.39 is 28.5 Å². The van der Waals surface area contributed by atoms with Gasteiger partial charge < -0.3 is 10.2 Å². The van der Waals surface area contributed by atoms with Crippen LogP contribution < -0.4 is 9.62 Å². The van der Waals surface area contributed by atoms with Crippen LogP contribution in [0.4, 0.5) is 5.69 Å². The first-order valence-corrected chi connectivity index (χ1v) is 13.5. The standard InChI is InChI=1S/C23H29BrClN3O4S/c1-5-16(2)26-23(30)17(3)27(14-18-6-8-19(24)9-7-18)22(29)15-28(33(4,31)32)21-12-10-20(25)11-13-21/h6-13,16-17H,5,14-15H2,1-4H3,(H,26,30)/t16-,17-/m0/s1. The SMILES string of the molecule is CC[C@H](C)NC(=O)[C@H](C)N(Cc1ccc(Br)cc1)C(=O)CN(c1ccc(Cl)cc1)S(C)(=O)=O. The maximum absolute atomic E-state index is 13.4. The summed E-state index contributed by atoms with van der Waals surface area (Å²) in [4.78, 5) is 27.6. The molecule has 0 bridgehead atoms. The molecule has 2 rings (SSSR count). The Bertz CT molecular complexity index is 1060. The summed E-state index contributed by atoms with van der Waals surface area (Å²) in [6.07, 6.45) is 1.78. The third-order valence-corrected chi connectivity index (χ3v) is 7.15. The average molecular weight is 559 g/mol. The highest BCUT2D eigenvalue weighted by Crippen LogP contribution is 2.21. The number of carbonyl (C=O) groups excluding carboxylic acids is 2. The van der Waals surface area contributed by atoms with E-state index in [0.29, 0.717) is 10.7 Å². The van der Waals surface area contributed by atoms with Crippen LogP contribution in [0.3, 0.4) is 0 Å². The predicted octanol–water partition coefficient (Wildman–Crippen LogP) is 4.20. The van der Waals surface area contributed by atoms with Crippen molar-refractivity contribution in [1.82, 2.24) is 10.2 Å². The van der Waals surface area contributed by atoms with Crippen molar-refractivity contribution in [3.05, 3.63) is 63.6 Å². The molecule has 10 heteroatoms. The largest absolute Gasteiger partial charge is 0.352 e. The van der Waals surface area contributed by atoms with Crippen molar-refractivity contribution in [2.45, 2.75) is 45.8 Å². The summed E-state index contributed by atoms with van der Waals surface area (Å²) in [6.45, 7) is 5.19. The number of hydrogen-bond donors (Lipinski definition) is 1. The van der Waals surface area contributed by atoms with E-state index in [1.54, 1.807) is 19.1 Å². The third kappa shape index (κ3) is 8.01. The van der Waals surface area contributed by atoms with E-state index in [4.69, 9.17) is 11.6 Å². The number of amides is 2. The van der Waals surface area contributed by atoms with E-state index in [-0.39, 0.29) is 18.5 Å². The van der Waals surface area contributed by atoms with E-state index in [0.717, 1.165) is 27.0 Å². The molecule has 180 valence electrons. The van der Waals surface area contributed by atoms with Crippen LogP contribution in [0.2, 0.25) is 5.02 Å². The van der Waals surface area contributed by atoms with Gasteiger partial charge in [-0.15, -0.1) is 0 Å². The van der Waals surface area contributed by atoms with Gasteiger partial charge in [-0.3, -0.25) is 13.9 Å². The van der Waals surface area contributed by atoms with Crippen LogP contribution in [0.15, 0.2) is 53.0 Å². The highest BCUT2D eigenvalue weighted by molar-refractivity contribution is 9.10. The Morgan fingerprint density at radius 3 is 2.15 bits per heavy atom. The van der Waals surface area contributed by atoms with Gasteiger partial charge in [0.1, 0.15) is 12.6 Å². The van der Waals surface area contributed by atoms with Crippen molar-refractivity contribution >= 4 is 55.1 Å². The van der Waals surface area contributed by atoms with Crippen LogP contribution in [0.25, 0.3) is 0 Å². The van der Waals surface area contributed by atoms with Crippen molar-refractivity contribution in [3.63, 3.8) is 0 Å². The van der Waals surface area contributed by atoms with E-state index in [1.807, 2.05) is 38.1 Å². The van der Waals surface area contributed by atoms with Crippen molar-refractivity contribution < 1.29 is 18.0 Å². The monoisotopic (exact) mass is 557 g/mol. The first kappa shape index (κ1) is 27.1. The van der Waals surface area contributed by atoms with E-state index >= 15 is 0 Å². The van der Waals surface area contributed by atoms with Gasteiger partial charge in [-0.1, -0.05) is 46.6 Å². The lowest BCUT2D eigenvalue weighted by Crippen LogP contribution is -2.52. The molecule has 0 aromatic heterocycles. The molecule has 0 fully saturated rings. The number of anilines is 1. The number of benzene rings is 2. The molecule has 0 saturated heterocycles. The number of sulfonamides is 1. The zero-order valence-electron chi connectivity index (χ0n) is 19.1. The summed E-state index contributed by atoms with van der Waals surface area (Å²) < 4.78 is 26.9. The van der Waals surface area contributed by atoms with Gasteiger partial charge in [-0.25, -0.2) is 8.42 Å². The zero-order chi connectivity index (χ0) is 24.8. The molecule has 0 aliphatic carbocycles. The first-order chi connectivity index (χ1) is 15.4. The molecule has 0 spiro atoms. The quantitative estimate of drug-likeness (QED) is 0.474. The lowest BCUT2D eigenvalue weighted by molar-refractivity contribution is -0.139. The number of rotatable bonds is 10. The highest BCUT2D eigenvalue weighted by atomic mass is 79.9. The van der Waals surface area contributed by atoms with Gasteiger partial charge >= 0.3 is 0 Å². The highest BCUT2D eigenvalue weighted by Gasteiger charge is 2.30. The first-order valence-electron chi connectivity index (χ1n) is 10.5. The van der Waals surface area contributed by atoms with Crippen LogP contribution >= 0.6 is 27.5 Å². The van der Waals surface area contributed by atoms with Crippen LogP contribution in [-0.2, 0) is 26.2 Å². The Morgan fingerprint density at radius 2 is 1.64 bits per heavy atom. The summed E-state index contributed by atoms with van der Waals surface area (Å²) in [5, 5.41) is 3.34. The van der Waals surface area contributed by atoms with Gasteiger partial charge in [0.2, 0.25) is 21.8 Å².